The number of phenols is 1. The van der Waals surface area contributed by atoms with Crippen LogP contribution in [-0.2, 0) is 9.47 Å². The fourth-order valence-corrected chi connectivity index (χ4v) is 2.94. The van der Waals surface area contributed by atoms with Gasteiger partial charge in [0.05, 0.1) is 25.3 Å². The molecule has 0 aliphatic heterocycles. The number of phenolic OH excluding ortho intramolecular Hbond substituents is 1. The average Bonchev–Trinajstić information content (AvgIpc) is 2.81. The fourth-order valence-electron chi connectivity index (χ4n) is 2.94. The SMILES string of the molecule is C=C/C(OC)=C(\C(=C)O)c1nc(-c2ccc(C(=O)OC)cc2)nc(-c2ccccc2O)n1. The predicted octanol–water partition coefficient (Wildman–Crippen LogP) is 4.31. The lowest BCUT2D eigenvalue weighted by molar-refractivity contribution is 0.0600. The first kappa shape index (κ1) is 22.2. The zero-order chi connectivity index (χ0) is 23.3. The van der Waals surface area contributed by atoms with Crippen LogP contribution in [0.5, 0.6) is 5.75 Å². The molecule has 2 aromatic carbocycles. The summed E-state index contributed by atoms with van der Waals surface area (Å²) >= 11 is 0. The zero-order valence-electron chi connectivity index (χ0n) is 17.6. The third-order valence-electron chi connectivity index (χ3n) is 4.51. The van der Waals surface area contributed by atoms with Crippen molar-refractivity contribution in [1.29, 1.82) is 0 Å². The van der Waals surface area contributed by atoms with E-state index in [1.807, 2.05) is 0 Å². The molecule has 0 atom stereocenters. The number of methoxy groups -OCH3 is 2. The maximum absolute atomic E-state index is 11.7. The Kier molecular flexibility index (Phi) is 6.65. The van der Waals surface area contributed by atoms with E-state index in [4.69, 9.17) is 9.47 Å². The standard InChI is InChI=1S/C24H21N3O5/c1-5-19(31-3)20(14(2)28)23-26-21(15-10-12-16(13-11-15)24(30)32-4)25-22(27-23)17-8-6-7-9-18(17)29/h5-13,28-29H,1-2H2,3-4H3/b20-19-. The largest absolute Gasteiger partial charge is 0.508 e. The fraction of sp³-hybridized carbons (Fsp3) is 0.0833. The van der Waals surface area contributed by atoms with Gasteiger partial charge in [0.25, 0.3) is 0 Å². The van der Waals surface area contributed by atoms with Gasteiger partial charge < -0.3 is 19.7 Å². The number of carbonyl (C=O) groups is 1. The number of benzene rings is 2. The molecule has 3 rings (SSSR count). The number of hydrogen-bond donors (Lipinski definition) is 2. The van der Waals surface area contributed by atoms with Gasteiger partial charge in [0.2, 0.25) is 0 Å². The number of aliphatic hydroxyl groups excluding tert-OH is 1. The van der Waals surface area contributed by atoms with Crippen LogP contribution in [0.1, 0.15) is 16.2 Å². The van der Waals surface area contributed by atoms with Crippen molar-refractivity contribution in [1.82, 2.24) is 15.0 Å². The lowest BCUT2D eigenvalue weighted by Gasteiger charge is -2.13. The van der Waals surface area contributed by atoms with E-state index in [0.717, 1.165) is 0 Å². The molecule has 162 valence electrons. The third-order valence-corrected chi connectivity index (χ3v) is 4.51. The normalized spacial score (nSPS) is 11.3. The molecule has 0 amide bonds. The molecule has 0 fully saturated rings. The molecular weight excluding hydrogens is 410 g/mol. The molecule has 1 heterocycles. The molecule has 0 bridgehead atoms. The highest BCUT2D eigenvalue weighted by Crippen LogP contribution is 2.30. The Bertz CT molecular complexity index is 1220. The third kappa shape index (κ3) is 4.49. The molecular formula is C24H21N3O5. The van der Waals surface area contributed by atoms with E-state index in [-0.39, 0.29) is 40.3 Å². The summed E-state index contributed by atoms with van der Waals surface area (Å²) in [5.74, 6) is -0.154. The van der Waals surface area contributed by atoms with Gasteiger partial charge in [-0.25, -0.2) is 19.7 Å². The number of allylic oxidation sites excluding steroid dienone is 2. The number of nitrogens with zero attached hydrogens (tertiary/aromatic N) is 3. The maximum atomic E-state index is 11.7. The number of aromatic hydroxyl groups is 1. The summed E-state index contributed by atoms with van der Waals surface area (Å²) in [6.45, 7) is 7.26. The number of aliphatic hydroxyl groups is 1. The van der Waals surface area contributed by atoms with Gasteiger partial charge in [-0.05, 0) is 30.3 Å². The Hall–Kier alpha value is -4.46. The summed E-state index contributed by atoms with van der Waals surface area (Å²) in [4.78, 5) is 25.1. The summed E-state index contributed by atoms with van der Waals surface area (Å²) in [5, 5.41) is 20.5. The Balaban J connectivity index is 2.27. The molecule has 0 radical (unpaired) electrons. The highest BCUT2D eigenvalue weighted by molar-refractivity contribution is 5.89. The van der Waals surface area contributed by atoms with E-state index in [1.165, 1.54) is 26.4 Å². The predicted molar refractivity (Wildman–Crippen MR) is 120 cm³/mol. The van der Waals surface area contributed by atoms with Crippen LogP contribution in [0.15, 0.2) is 79.3 Å². The minimum Gasteiger partial charge on any atom is -0.508 e. The van der Waals surface area contributed by atoms with E-state index in [0.29, 0.717) is 16.7 Å². The van der Waals surface area contributed by atoms with Crippen LogP contribution in [0.2, 0.25) is 0 Å². The molecule has 32 heavy (non-hydrogen) atoms. The van der Waals surface area contributed by atoms with Crippen LogP contribution < -0.4 is 0 Å². The van der Waals surface area contributed by atoms with Gasteiger partial charge in [0.1, 0.15) is 22.8 Å². The van der Waals surface area contributed by atoms with Crippen LogP contribution in [-0.4, -0.2) is 45.4 Å². The molecule has 0 aliphatic rings. The lowest BCUT2D eigenvalue weighted by Crippen LogP contribution is -2.06. The van der Waals surface area contributed by atoms with Gasteiger partial charge >= 0.3 is 5.97 Å². The summed E-state index contributed by atoms with van der Waals surface area (Å²) in [6.07, 6.45) is 1.39. The van der Waals surface area contributed by atoms with Gasteiger partial charge in [0.15, 0.2) is 17.5 Å². The van der Waals surface area contributed by atoms with Crippen molar-refractivity contribution in [2.75, 3.05) is 14.2 Å². The molecule has 3 aromatic rings. The molecule has 1 aromatic heterocycles. The van der Waals surface area contributed by atoms with Gasteiger partial charge in [-0.1, -0.05) is 37.4 Å². The van der Waals surface area contributed by atoms with E-state index >= 15 is 0 Å². The average molecular weight is 431 g/mol. The Morgan fingerprint density at radius 1 is 0.969 bits per heavy atom. The number of aromatic nitrogens is 3. The van der Waals surface area contributed by atoms with Gasteiger partial charge in [-0.3, -0.25) is 0 Å². The smallest absolute Gasteiger partial charge is 0.337 e. The molecule has 2 N–H and O–H groups in total. The molecule has 0 spiro atoms. The van der Waals surface area contributed by atoms with Crippen molar-refractivity contribution in [2.45, 2.75) is 0 Å². The van der Waals surface area contributed by atoms with E-state index in [1.54, 1.807) is 42.5 Å². The minimum absolute atomic E-state index is 0.0271. The quantitative estimate of drug-likeness (QED) is 0.323. The Labute approximate surface area is 184 Å². The Morgan fingerprint density at radius 3 is 2.19 bits per heavy atom. The van der Waals surface area contributed by atoms with Crippen molar-refractivity contribution >= 4 is 11.5 Å². The number of rotatable bonds is 7. The first-order chi connectivity index (χ1) is 15.4. The molecule has 0 aliphatic carbocycles. The monoisotopic (exact) mass is 431 g/mol. The number of para-hydroxylation sites is 1. The maximum Gasteiger partial charge on any atom is 0.337 e. The Morgan fingerprint density at radius 2 is 1.62 bits per heavy atom. The van der Waals surface area contributed by atoms with Gasteiger partial charge in [-0.15, -0.1) is 0 Å². The van der Waals surface area contributed by atoms with Crippen LogP contribution >= 0.6 is 0 Å². The molecule has 8 heteroatoms. The second-order valence-corrected chi connectivity index (χ2v) is 6.49. The van der Waals surface area contributed by atoms with Crippen LogP contribution in [0.4, 0.5) is 0 Å². The van der Waals surface area contributed by atoms with Gasteiger partial charge in [-0.2, -0.15) is 0 Å². The van der Waals surface area contributed by atoms with Crippen molar-refractivity contribution in [3.8, 4) is 28.5 Å². The lowest BCUT2D eigenvalue weighted by atomic mass is 10.1. The summed E-state index contributed by atoms with van der Waals surface area (Å²) in [7, 11) is 2.72. The van der Waals surface area contributed by atoms with E-state index in [2.05, 4.69) is 28.1 Å². The van der Waals surface area contributed by atoms with Gasteiger partial charge in [0, 0.05) is 5.56 Å². The molecule has 0 unspecified atom stereocenters. The van der Waals surface area contributed by atoms with Crippen molar-refractivity contribution in [3.63, 3.8) is 0 Å². The second kappa shape index (κ2) is 9.57. The molecule has 8 nitrogen and oxygen atoms in total. The summed E-state index contributed by atoms with van der Waals surface area (Å²) < 4.78 is 10.0. The van der Waals surface area contributed by atoms with Crippen molar-refractivity contribution < 1.29 is 24.5 Å². The minimum atomic E-state index is -0.472. The van der Waals surface area contributed by atoms with Crippen molar-refractivity contribution in [3.05, 3.63) is 90.7 Å². The molecule has 0 saturated heterocycles. The van der Waals surface area contributed by atoms with Crippen LogP contribution in [0.3, 0.4) is 0 Å². The number of carbonyl (C=O) groups excluding carboxylic acids is 1. The number of hydrogen-bond acceptors (Lipinski definition) is 8. The first-order valence-electron chi connectivity index (χ1n) is 9.42. The summed E-state index contributed by atoms with van der Waals surface area (Å²) in [5.41, 5.74) is 1.42. The topological polar surface area (TPSA) is 115 Å². The van der Waals surface area contributed by atoms with Crippen LogP contribution in [0, 0.1) is 0 Å². The highest BCUT2D eigenvalue weighted by Gasteiger charge is 2.20. The highest BCUT2D eigenvalue weighted by atomic mass is 16.5. The first-order valence-corrected chi connectivity index (χ1v) is 9.42. The van der Waals surface area contributed by atoms with E-state index in [9.17, 15) is 15.0 Å². The zero-order valence-corrected chi connectivity index (χ0v) is 17.6. The molecule has 0 saturated carbocycles. The number of esters is 1. The number of ether oxygens (including phenoxy) is 2. The van der Waals surface area contributed by atoms with Crippen molar-refractivity contribution in [2.24, 2.45) is 0 Å². The van der Waals surface area contributed by atoms with Crippen LogP contribution in [0.25, 0.3) is 28.3 Å². The van der Waals surface area contributed by atoms with E-state index < -0.39 is 5.97 Å². The second-order valence-electron chi connectivity index (χ2n) is 6.49. The summed E-state index contributed by atoms with van der Waals surface area (Å²) in [6, 6.07) is 13.0.